The van der Waals surface area contributed by atoms with Gasteiger partial charge in [0.2, 0.25) is 0 Å². The van der Waals surface area contributed by atoms with Crippen LogP contribution in [0, 0.1) is 5.92 Å². The molecule has 30 heavy (non-hydrogen) atoms. The molecule has 8 nitrogen and oxygen atoms in total. The van der Waals surface area contributed by atoms with E-state index in [1.165, 1.54) is 30.4 Å². The van der Waals surface area contributed by atoms with Gasteiger partial charge in [-0.25, -0.2) is 14.8 Å². The van der Waals surface area contributed by atoms with E-state index in [9.17, 15) is 4.79 Å². The van der Waals surface area contributed by atoms with Crippen LogP contribution in [0.5, 0.6) is 11.8 Å². The zero-order valence-corrected chi connectivity index (χ0v) is 17.0. The van der Waals surface area contributed by atoms with Crippen molar-refractivity contribution >= 4 is 29.4 Å². The number of carbonyl (C=O) groups is 1. The SMILES string of the molecule is CC1CN(C(=O)Nc2cnoc2)CCC1=Cc1cccc(Oc2ncc(Cl)cn2)c1. The van der Waals surface area contributed by atoms with Crippen LogP contribution in [0.4, 0.5) is 10.5 Å². The number of piperidine rings is 1. The van der Waals surface area contributed by atoms with E-state index in [0.29, 0.717) is 29.5 Å². The first-order valence-electron chi connectivity index (χ1n) is 9.48. The van der Waals surface area contributed by atoms with E-state index in [1.807, 2.05) is 24.3 Å². The molecule has 0 radical (unpaired) electrons. The van der Waals surface area contributed by atoms with E-state index < -0.39 is 0 Å². The Balaban J connectivity index is 1.40. The quantitative estimate of drug-likeness (QED) is 0.641. The normalized spacial score (nSPS) is 17.7. The van der Waals surface area contributed by atoms with Crippen molar-refractivity contribution in [1.82, 2.24) is 20.0 Å². The number of carbonyl (C=O) groups excluding carboxylic acids is 1. The lowest BCUT2D eigenvalue weighted by Crippen LogP contribution is -2.42. The predicted octanol–water partition coefficient (Wildman–Crippen LogP) is 4.87. The number of rotatable bonds is 4. The summed E-state index contributed by atoms with van der Waals surface area (Å²) in [7, 11) is 0. The number of urea groups is 1. The van der Waals surface area contributed by atoms with Crippen LogP contribution in [-0.4, -0.2) is 39.1 Å². The minimum Gasteiger partial charge on any atom is -0.424 e. The van der Waals surface area contributed by atoms with Crippen molar-refractivity contribution in [3.63, 3.8) is 0 Å². The fourth-order valence-electron chi connectivity index (χ4n) is 3.26. The van der Waals surface area contributed by atoms with Crippen LogP contribution in [0.25, 0.3) is 6.08 Å². The Hall–Kier alpha value is -3.39. The van der Waals surface area contributed by atoms with Gasteiger partial charge >= 0.3 is 12.0 Å². The molecule has 0 bridgehead atoms. The first-order chi connectivity index (χ1) is 14.6. The number of aromatic nitrogens is 3. The second kappa shape index (κ2) is 8.96. The van der Waals surface area contributed by atoms with E-state index in [0.717, 1.165) is 12.0 Å². The molecule has 2 aromatic heterocycles. The summed E-state index contributed by atoms with van der Waals surface area (Å²) in [6.07, 6.45) is 8.80. The second-order valence-corrected chi connectivity index (χ2v) is 7.45. The molecule has 1 aliphatic rings. The van der Waals surface area contributed by atoms with E-state index in [1.54, 1.807) is 4.90 Å². The zero-order chi connectivity index (χ0) is 20.9. The number of anilines is 1. The smallest absolute Gasteiger partial charge is 0.322 e. The molecule has 2 amide bonds. The van der Waals surface area contributed by atoms with Crippen LogP contribution in [0.3, 0.4) is 0 Å². The summed E-state index contributed by atoms with van der Waals surface area (Å²) in [5.41, 5.74) is 2.85. The Bertz CT molecular complexity index is 1040. The van der Waals surface area contributed by atoms with Gasteiger partial charge in [-0.3, -0.25) is 0 Å². The Kier molecular flexibility index (Phi) is 5.94. The molecule has 9 heteroatoms. The highest BCUT2D eigenvalue weighted by atomic mass is 35.5. The van der Waals surface area contributed by atoms with Crippen LogP contribution in [-0.2, 0) is 0 Å². The van der Waals surface area contributed by atoms with Gasteiger partial charge in [-0.1, -0.05) is 47.5 Å². The largest absolute Gasteiger partial charge is 0.424 e. The third-order valence-corrected chi connectivity index (χ3v) is 4.98. The van der Waals surface area contributed by atoms with Gasteiger partial charge in [0, 0.05) is 13.1 Å². The number of hydrogen-bond acceptors (Lipinski definition) is 6. The molecule has 4 rings (SSSR count). The molecule has 1 aliphatic heterocycles. The van der Waals surface area contributed by atoms with Gasteiger partial charge in [0.05, 0.1) is 23.6 Å². The highest BCUT2D eigenvalue weighted by Crippen LogP contribution is 2.27. The molecule has 3 aromatic rings. The molecule has 1 aromatic carbocycles. The topological polar surface area (TPSA) is 93.4 Å². The number of nitrogens with one attached hydrogen (secondary N) is 1. The highest BCUT2D eigenvalue weighted by Gasteiger charge is 2.24. The number of hydrogen-bond donors (Lipinski definition) is 1. The first-order valence-corrected chi connectivity index (χ1v) is 9.86. The Morgan fingerprint density at radius 2 is 2.17 bits per heavy atom. The molecular formula is C21H20ClN5O3. The van der Waals surface area contributed by atoms with Crippen molar-refractivity contribution < 1.29 is 14.1 Å². The zero-order valence-electron chi connectivity index (χ0n) is 16.3. The van der Waals surface area contributed by atoms with Gasteiger partial charge in [0.1, 0.15) is 17.7 Å². The molecular weight excluding hydrogens is 406 g/mol. The van der Waals surface area contributed by atoms with Crippen LogP contribution in [0.15, 0.2) is 59.2 Å². The molecule has 0 saturated carbocycles. The standard InChI is InChI=1S/C21H20ClN5O3/c1-14-12-27(21(28)26-18-11-25-29-13-18)6-5-16(14)7-15-3-2-4-19(8-15)30-20-23-9-17(22)10-24-20/h2-4,7-11,13-14H,5-6,12H2,1H3,(H,26,28). The van der Waals surface area contributed by atoms with E-state index in [-0.39, 0.29) is 18.0 Å². The van der Waals surface area contributed by atoms with Crippen molar-refractivity contribution in [2.45, 2.75) is 13.3 Å². The molecule has 0 spiro atoms. The van der Waals surface area contributed by atoms with Crippen LogP contribution in [0.1, 0.15) is 18.9 Å². The molecule has 1 unspecified atom stereocenters. The summed E-state index contributed by atoms with van der Waals surface area (Å²) in [5, 5.41) is 6.83. The summed E-state index contributed by atoms with van der Waals surface area (Å²) in [4.78, 5) is 22.3. The lowest BCUT2D eigenvalue weighted by molar-refractivity contribution is 0.198. The maximum atomic E-state index is 12.4. The number of halogens is 1. The fraction of sp³-hybridized carbons (Fsp3) is 0.238. The van der Waals surface area contributed by atoms with Crippen LogP contribution < -0.4 is 10.1 Å². The maximum Gasteiger partial charge on any atom is 0.322 e. The summed E-state index contributed by atoms with van der Waals surface area (Å²) < 4.78 is 10.4. The molecule has 0 aliphatic carbocycles. The van der Waals surface area contributed by atoms with Crippen molar-refractivity contribution in [3.05, 3.63) is 65.3 Å². The van der Waals surface area contributed by atoms with Crippen LogP contribution >= 0.6 is 11.6 Å². The summed E-state index contributed by atoms with van der Waals surface area (Å²) in [5.74, 6) is 0.876. The lowest BCUT2D eigenvalue weighted by atomic mass is 9.91. The van der Waals surface area contributed by atoms with E-state index in [4.69, 9.17) is 20.9 Å². The van der Waals surface area contributed by atoms with Gasteiger partial charge in [0.25, 0.3) is 0 Å². The van der Waals surface area contributed by atoms with Gasteiger partial charge in [-0.2, -0.15) is 0 Å². The van der Waals surface area contributed by atoms with E-state index >= 15 is 0 Å². The van der Waals surface area contributed by atoms with Crippen molar-refractivity contribution in [2.24, 2.45) is 5.92 Å². The lowest BCUT2D eigenvalue weighted by Gasteiger charge is -2.33. The average molecular weight is 426 g/mol. The molecule has 1 N–H and O–H groups in total. The third-order valence-electron chi connectivity index (χ3n) is 4.78. The molecule has 1 atom stereocenters. The summed E-state index contributed by atoms with van der Waals surface area (Å²) in [6, 6.07) is 7.81. The van der Waals surface area contributed by atoms with Crippen LogP contribution in [0.2, 0.25) is 5.02 Å². The van der Waals surface area contributed by atoms with Gasteiger partial charge in [-0.05, 0) is 30.0 Å². The Labute approximate surface area is 178 Å². The predicted molar refractivity (Wildman–Crippen MR) is 112 cm³/mol. The molecule has 3 heterocycles. The van der Waals surface area contributed by atoms with Gasteiger partial charge in [0.15, 0.2) is 0 Å². The number of likely N-dealkylation sites (tertiary alicyclic amines) is 1. The number of ether oxygens (including phenoxy) is 1. The van der Waals surface area contributed by atoms with Crippen molar-refractivity contribution in [2.75, 3.05) is 18.4 Å². The minimum absolute atomic E-state index is 0.150. The summed E-state index contributed by atoms with van der Waals surface area (Å²) >= 11 is 5.80. The number of amides is 2. The van der Waals surface area contributed by atoms with Crippen molar-refractivity contribution in [1.29, 1.82) is 0 Å². The van der Waals surface area contributed by atoms with Gasteiger partial charge in [-0.15, -0.1) is 0 Å². The highest BCUT2D eigenvalue weighted by molar-refractivity contribution is 6.30. The third kappa shape index (κ3) is 4.96. The maximum absolute atomic E-state index is 12.4. The Morgan fingerprint density at radius 3 is 2.90 bits per heavy atom. The Morgan fingerprint density at radius 1 is 1.33 bits per heavy atom. The second-order valence-electron chi connectivity index (χ2n) is 7.02. The summed E-state index contributed by atoms with van der Waals surface area (Å²) in [6.45, 7) is 3.40. The minimum atomic E-state index is -0.150. The van der Waals surface area contributed by atoms with Crippen molar-refractivity contribution in [3.8, 4) is 11.8 Å². The first kappa shape index (κ1) is 19.9. The fourth-order valence-corrected chi connectivity index (χ4v) is 3.36. The average Bonchev–Trinajstić information content (AvgIpc) is 3.24. The molecule has 1 saturated heterocycles. The monoisotopic (exact) mass is 425 g/mol. The molecule has 1 fully saturated rings. The molecule has 154 valence electrons. The van der Waals surface area contributed by atoms with E-state index in [2.05, 4.69) is 33.4 Å². The van der Waals surface area contributed by atoms with Gasteiger partial charge < -0.3 is 19.5 Å². The number of nitrogens with zero attached hydrogens (tertiary/aromatic N) is 4. The number of benzene rings is 1.